The van der Waals surface area contributed by atoms with E-state index in [9.17, 15) is 9.18 Å². The van der Waals surface area contributed by atoms with Crippen LogP contribution in [0.25, 0.3) is 11.0 Å². The topological polar surface area (TPSA) is 46.9 Å². The van der Waals surface area contributed by atoms with Crippen LogP contribution in [0.2, 0.25) is 0 Å². The molecule has 1 heterocycles. The highest BCUT2D eigenvalue weighted by Crippen LogP contribution is 2.28. The van der Waals surface area contributed by atoms with Gasteiger partial charge in [0.2, 0.25) is 5.91 Å². The van der Waals surface area contributed by atoms with Gasteiger partial charge in [-0.05, 0) is 25.0 Å². The van der Waals surface area contributed by atoms with Crippen LogP contribution in [0, 0.1) is 11.7 Å². The zero-order chi connectivity index (χ0) is 14.1. The van der Waals surface area contributed by atoms with Gasteiger partial charge in [-0.2, -0.15) is 0 Å². The van der Waals surface area contributed by atoms with Crippen LogP contribution in [0.5, 0.6) is 0 Å². The molecule has 1 aliphatic carbocycles. The van der Waals surface area contributed by atoms with E-state index >= 15 is 0 Å². The fourth-order valence-corrected chi connectivity index (χ4v) is 2.50. The molecule has 0 spiro atoms. The summed E-state index contributed by atoms with van der Waals surface area (Å²) in [7, 11) is 0. The number of nitrogens with zero attached hydrogens (tertiary/aromatic N) is 2. The summed E-state index contributed by atoms with van der Waals surface area (Å²) in [6, 6.07) is 4.84. The molecule has 0 saturated heterocycles. The first-order valence-electron chi connectivity index (χ1n) is 6.68. The van der Waals surface area contributed by atoms with Crippen molar-refractivity contribution < 1.29 is 9.18 Å². The molecule has 0 atom stereocenters. The Kier molecular flexibility index (Phi) is 3.61. The van der Waals surface area contributed by atoms with Crippen LogP contribution in [0.4, 0.5) is 4.39 Å². The van der Waals surface area contributed by atoms with Crippen molar-refractivity contribution in [3.63, 3.8) is 0 Å². The number of hydrogen-bond acceptors (Lipinski definition) is 2. The lowest BCUT2D eigenvalue weighted by atomic mass is 10.3. The minimum absolute atomic E-state index is 0.105. The summed E-state index contributed by atoms with van der Waals surface area (Å²) in [5, 5.41) is 2.89. The van der Waals surface area contributed by atoms with Crippen molar-refractivity contribution in [2.45, 2.75) is 25.3 Å². The van der Waals surface area contributed by atoms with Gasteiger partial charge in [0.05, 0.1) is 11.4 Å². The minimum atomic E-state index is -0.352. The molecule has 106 valence electrons. The number of carbonyl (C=O) groups is 1. The second-order valence-corrected chi connectivity index (χ2v) is 5.25. The van der Waals surface area contributed by atoms with E-state index in [-0.39, 0.29) is 23.5 Å². The molecule has 4 nitrogen and oxygen atoms in total. The Balaban J connectivity index is 1.78. The molecule has 0 bridgehead atoms. The zero-order valence-electron chi connectivity index (χ0n) is 10.9. The Labute approximate surface area is 120 Å². The second-order valence-electron chi connectivity index (χ2n) is 4.99. The third-order valence-electron chi connectivity index (χ3n) is 3.51. The Morgan fingerprint density at radius 1 is 1.50 bits per heavy atom. The van der Waals surface area contributed by atoms with E-state index in [2.05, 4.69) is 10.3 Å². The highest BCUT2D eigenvalue weighted by atomic mass is 35.5. The molecule has 1 fully saturated rings. The Morgan fingerprint density at radius 2 is 2.30 bits per heavy atom. The second kappa shape index (κ2) is 5.40. The van der Waals surface area contributed by atoms with Gasteiger partial charge in [0.1, 0.15) is 11.3 Å². The molecule has 2 aromatic rings. The Morgan fingerprint density at radius 3 is 3.00 bits per heavy atom. The summed E-state index contributed by atoms with van der Waals surface area (Å²) < 4.78 is 15.6. The van der Waals surface area contributed by atoms with Gasteiger partial charge in [0, 0.05) is 19.0 Å². The lowest BCUT2D eigenvalue weighted by Gasteiger charge is -2.09. The van der Waals surface area contributed by atoms with Crippen LogP contribution in [0.15, 0.2) is 18.2 Å². The van der Waals surface area contributed by atoms with Crippen LogP contribution in [-0.4, -0.2) is 22.0 Å². The smallest absolute Gasteiger partial charge is 0.223 e. The predicted octanol–water partition coefficient (Wildman–Crippen LogP) is 2.44. The van der Waals surface area contributed by atoms with E-state index in [0.29, 0.717) is 29.9 Å². The average Bonchev–Trinajstić information content (AvgIpc) is 3.23. The summed E-state index contributed by atoms with van der Waals surface area (Å²) in [5.41, 5.74) is 1.04. The quantitative estimate of drug-likeness (QED) is 0.861. The summed E-state index contributed by atoms with van der Waals surface area (Å²) in [6.07, 6.45) is 1.97. The van der Waals surface area contributed by atoms with Gasteiger partial charge in [0.25, 0.3) is 0 Å². The highest BCUT2D eigenvalue weighted by molar-refractivity contribution is 6.16. The molecule has 1 aliphatic rings. The molecule has 1 amide bonds. The number of carbonyl (C=O) groups excluding carboxylic acids is 1. The van der Waals surface area contributed by atoms with Crippen molar-refractivity contribution in [3.05, 3.63) is 29.8 Å². The third-order valence-corrected chi connectivity index (χ3v) is 3.75. The van der Waals surface area contributed by atoms with Crippen LogP contribution >= 0.6 is 11.6 Å². The number of rotatable bonds is 5. The van der Waals surface area contributed by atoms with Crippen molar-refractivity contribution in [1.82, 2.24) is 14.9 Å². The Hall–Kier alpha value is -1.62. The normalized spacial score (nSPS) is 14.7. The molecule has 20 heavy (non-hydrogen) atoms. The lowest BCUT2D eigenvalue weighted by molar-refractivity contribution is -0.122. The fraction of sp³-hybridized carbons (Fsp3) is 0.429. The number of aromatic nitrogens is 2. The SMILES string of the molecule is O=C(NCCn1c(CCl)nc2c(F)cccc21)C1CC1. The lowest BCUT2D eigenvalue weighted by Crippen LogP contribution is -2.28. The van der Waals surface area contributed by atoms with Crippen LogP contribution in [-0.2, 0) is 17.2 Å². The van der Waals surface area contributed by atoms with E-state index in [1.165, 1.54) is 6.07 Å². The molecular weight excluding hydrogens is 281 g/mol. The first kappa shape index (κ1) is 13.4. The number of benzene rings is 1. The van der Waals surface area contributed by atoms with E-state index < -0.39 is 0 Å². The number of nitrogens with one attached hydrogen (secondary N) is 1. The molecular formula is C14H15ClFN3O. The Bertz CT molecular complexity index is 651. The molecule has 0 aliphatic heterocycles. The molecule has 0 radical (unpaired) electrons. The maximum atomic E-state index is 13.7. The molecule has 6 heteroatoms. The number of fused-ring (bicyclic) bond motifs is 1. The molecule has 0 unspecified atom stereocenters. The van der Waals surface area contributed by atoms with Crippen molar-refractivity contribution in [1.29, 1.82) is 0 Å². The number of alkyl halides is 1. The number of halogens is 2. The van der Waals surface area contributed by atoms with Crippen molar-refractivity contribution in [2.75, 3.05) is 6.54 Å². The number of para-hydroxylation sites is 1. The fourth-order valence-electron chi connectivity index (χ4n) is 2.29. The van der Waals surface area contributed by atoms with E-state index in [1.54, 1.807) is 6.07 Å². The van der Waals surface area contributed by atoms with Crippen molar-refractivity contribution in [2.24, 2.45) is 5.92 Å². The monoisotopic (exact) mass is 295 g/mol. The summed E-state index contributed by atoms with van der Waals surface area (Å²) in [5.74, 6) is 0.777. The minimum Gasteiger partial charge on any atom is -0.354 e. The average molecular weight is 296 g/mol. The first-order chi connectivity index (χ1) is 9.70. The summed E-state index contributed by atoms with van der Waals surface area (Å²) in [6.45, 7) is 1.04. The molecule has 1 N–H and O–H groups in total. The molecule has 3 rings (SSSR count). The first-order valence-corrected chi connectivity index (χ1v) is 7.21. The summed E-state index contributed by atoms with van der Waals surface area (Å²) in [4.78, 5) is 15.8. The zero-order valence-corrected chi connectivity index (χ0v) is 11.7. The third kappa shape index (κ3) is 2.50. The van der Waals surface area contributed by atoms with Gasteiger partial charge in [-0.15, -0.1) is 11.6 Å². The maximum absolute atomic E-state index is 13.7. The predicted molar refractivity (Wildman–Crippen MR) is 75.0 cm³/mol. The summed E-state index contributed by atoms with van der Waals surface area (Å²) >= 11 is 5.86. The molecule has 1 aromatic carbocycles. The van der Waals surface area contributed by atoms with Crippen LogP contribution in [0.3, 0.4) is 0 Å². The number of amides is 1. The van der Waals surface area contributed by atoms with Gasteiger partial charge in [-0.3, -0.25) is 4.79 Å². The van der Waals surface area contributed by atoms with Gasteiger partial charge in [0.15, 0.2) is 5.82 Å². The standard InChI is InChI=1S/C14H15ClFN3O/c15-8-12-18-13-10(16)2-1-3-11(13)19(12)7-6-17-14(20)9-4-5-9/h1-3,9H,4-8H2,(H,17,20). The van der Waals surface area contributed by atoms with Crippen LogP contribution < -0.4 is 5.32 Å². The van der Waals surface area contributed by atoms with E-state index in [4.69, 9.17) is 11.6 Å². The van der Waals surface area contributed by atoms with Gasteiger partial charge in [-0.1, -0.05) is 6.07 Å². The van der Waals surface area contributed by atoms with Gasteiger partial charge >= 0.3 is 0 Å². The number of imidazole rings is 1. The maximum Gasteiger partial charge on any atom is 0.223 e. The number of hydrogen-bond donors (Lipinski definition) is 1. The van der Waals surface area contributed by atoms with Gasteiger partial charge < -0.3 is 9.88 Å². The molecule has 1 aromatic heterocycles. The largest absolute Gasteiger partial charge is 0.354 e. The van der Waals surface area contributed by atoms with Crippen molar-refractivity contribution >= 4 is 28.5 Å². The van der Waals surface area contributed by atoms with E-state index in [1.807, 2.05) is 10.6 Å². The van der Waals surface area contributed by atoms with Gasteiger partial charge in [-0.25, -0.2) is 9.37 Å². The van der Waals surface area contributed by atoms with E-state index in [0.717, 1.165) is 12.8 Å². The molecule has 1 saturated carbocycles. The van der Waals surface area contributed by atoms with Crippen molar-refractivity contribution in [3.8, 4) is 0 Å². The highest BCUT2D eigenvalue weighted by Gasteiger charge is 2.29. The van der Waals surface area contributed by atoms with Crippen LogP contribution in [0.1, 0.15) is 18.7 Å².